The first-order valence-corrected chi connectivity index (χ1v) is 8.54. The lowest BCUT2D eigenvalue weighted by Gasteiger charge is -2.29. The van der Waals surface area contributed by atoms with Crippen molar-refractivity contribution in [2.45, 2.75) is 37.8 Å². The van der Waals surface area contributed by atoms with Crippen LogP contribution in [-0.2, 0) is 0 Å². The van der Waals surface area contributed by atoms with Crippen LogP contribution < -0.4 is 10.1 Å². The first kappa shape index (κ1) is 18.5. The molecule has 0 bridgehead atoms. The Balaban J connectivity index is 1.53. The van der Waals surface area contributed by atoms with Crippen molar-refractivity contribution in [3.8, 4) is 5.88 Å². The molecule has 1 fully saturated rings. The first-order chi connectivity index (χ1) is 12.4. The van der Waals surface area contributed by atoms with Crippen LogP contribution in [0, 0.1) is 17.5 Å². The van der Waals surface area contributed by atoms with Crippen LogP contribution in [0.4, 0.5) is 13.2 Å². The number of amides is 1. The summed E-state index contributed by atoms with van der Waals surface area (Å²) in [7, 11) is 0. The molecule has 0 saturated heterocycles. The molecule has 1 aliphatic carbocycles. The summed E-state index contributed by atoms with van der Waals surface area (Å²) < 4.78 is 45.7. The Kier molecular flexibility index (Phi) is 5.66. The van der Waals surface area contributed by atoms with E-state index in [-0.39, 0.29) is 12.1 Å². The van der Waals surface area contributed by atoms with Gasteiger partial charge in [0.2, 0.25) is 5.88 Å². The van der Waals surface area contributed by atoms with Crippen LogP contribution in [0.15, 0.2) is 30.5 Å². The molecular formula is C18H16ClF3N2O2. The molecule has 1 N–H and O–H groups in total. The number of nitrogens with zero attached hydrogens (tertiary/aromatic N) is 1. The molecule has 4 nitrogen and oxygen atoms in total. The standard InChI is InChI=1S/C18H16ClF3N2O2/c19-10-1-8-15(23-9-10)26-12-4-2-11(3-5-12)24-18(25)13-6-7-14(20)17(22)16(13)21/h1,6-9,11-12H,2-5H2,(H,24,25). The number of hydrogen-bond acceptors (Lipinski definition) is 3. The molecule has 0 radical (unpaired) electrons. The third-order valence-electron chi connectivity index (χ3n) is 4.28. The normalized spacial score (nSPS) is 19.8. The van der Waals surface area contributed by atoms with E-state index < -0.39 is 28.9 Å². The summed E-state index contributed by atoms with van der Waals surface area (Å²) in [5.41, 5.74) is -0.507. The van der Waals surface area contributed by atoms with Crippen molar-refractivity contribution in [1.82, 2.24) is 10.3 Å². The van der Waals surface area contributed by atoms with Crippen molar-refractivity contribution < 1.29 is 22.7 Å². The zero-order chi connectivity index (χ0) is 18.7. The van der Waals surface area contributed by atoms with E-state index in [4.69, 9.17) is 16.3 Å². The third-order valence-corrected chi connectivity index (χ3v) is 4.50. The zero-order valence-corrected chi connectivity index (χ0v) is 14.4. The Bertz CT molecular complexity index is 794. The molecule has 2 aromatic rings. The maximum Gasteiger partial charge on any atom is 0.254 e. The number of ether oxygens (including phenoxy) is 1. The predicted octanol–water partition coefficient (Wildman–Crippen LogP) is 4.27. The summed E-state index contributed by atoms with van der Waals surface area (Å²) in [5, 5.41) is 3.18. The summed E-state index contributed by atoms with van der Waals surface area (Å²) in [6, 6.07) is 4.85. The molecule has 0 unspecified atom stereocenters. The summed E-state index contributed by atoms with van der Waals surface area (Å²) >= 11 is 5.77. The summed E-state index contributed by atoms with van der Waals surface area (Å²) in [4.78, 5) is 16.2. The minimum atomic E-state index is -1.65. The maximum absolute atomic E-state index is 13.7. The van der Waals surface area contributed by atoms with Crippen LogP contribution in [0.25, 0.3) is 0 Å². The van der Waals surface area contributed by atoms with E-state index in [9.17, 15) is 18.0 Å². The minimum Gasteiger partial charge on any atom is -0.474 e. The Labute approximate surface area is 153 Å². The van der Waals surface area contributed by atoms with E-state index in [1.54, 1.807) is 12.1 Å². The maximum atomic E-state index is 13.7. The van der Waals surface area contributed by atoms with Gasteiger partial charge in [0.15, 0.2) is 17.5 Å². The Hall–Kier alpha value is -2.28. The van der Waals surface area contributed by atoms with E-state index >= 15 is 0 Å². The van der Waals surface area contributed by atoms with E-state index in [0.29, 0.717) is 36.6 Å². The molecule has 1 aromatic carbocycles. The van der Waals surface area contributed by atoms with Crippen molar-refractivity contribution in [2.24, 2.45) is 0 Å². The van der Waals surface area contributed by atoms with Crippen molar-refractivity contribution >= 4 is 17.5 Å². The number of benzene rings is 1. The SMILES string of the molecule is O=C(NC1CCC(Oc2ccc(Cl)cn2)CC1)c1ccc(F)c(F)c1F. The molecule has 0 aliphatic heterocycles. The molecule has 1 aliphatic rings. The monoisotopic (exact) mass is 384 g/mol. The highest BCUT2D eigenvalue weighted by Crippen LogP contribution is 2.24. The van der Waals surface area contributed by atoms with Gasteiger partial charge < -0.3 is 10.1 Å². The average molecular weight is 385 g/mol. The molecule has 26 heavy (non-hydrogen) atoms. The topological polar surface area (TPSA) is 51.2 Å². The smallest absolute Gasteiger partial charge is 0.254 e. The molecule has 1 heterocycles. The fraction of sp³-hybridized carbons (Fsp3) is 0.333. The first-order valence-electron chi connectivity index (χ1n) is 8.16. The van der Waals surface area contributed by atoms with Gasteiger partial charge in [-0.3, -0.25) is 4.79 Å². The number of nitrogens with one attached hydrogen (secondary N) is 1. The van der Waals surface area contributed by atoms with Crippen molar-refractivity contribution in [3.63, 3.8) is 0 Å². The molecule has 1 saturated carbocycles. The molecule has 3 rings (SSSR count). The van der Waals surface area contributed by atoms with Gasteiger partial charge in [-0.05, 0) is 43.9 Å². The fourth-order valence-electron chi connectivity index (χ4n) is 2.89. The average Bonchev–Trinajstić information content (AvgIpc) is 2.63. The lowest BCUT2D eigenvalue weighted by atomic mass is 9.92. The lowest BCUT2D eigenvalue weighted by Crippen LogP contribution is -2.40. The minimum absolute atomic E-state index is 0.0446. The molecule has 0 atom stereocenters. The number of hydrogen-bond donors (Lipinski definition) is 1. The Morgan fingerprint density at radius 2 is 1.81 bits per heavy atom. The quantitative estimate of drug-likeness (QED) is 0.801. The van der Waals surface area contributed by atoms with Crippen LogP contribution in [0.1, 0.15) is 36.0 Å². The highest BCUT2D eigenvalue weighted by Gasteiger charge is 2.26. The van der Waals surface area contributed by atoms with Crippen LogP contribution in [0.3, 0.4) is 0 Å². The molecule has 138 valence electrons. The van der Waals surface area contributed by atoms with E-state index in [0.717, 1.165) is 12.1 Å². The fourth-order valence-corrected chi connectivity index (χ4v) is 3.00. The van der Waals surface area contributed by atoms with Gasteiger partial charge in [0.05, 0.1) is 10.6 Å². The zero-order valence-electron chi connectivity index (χ0n) is 13.6. The number of halogens is 4. The second-order valence-electron chi connectivity index (χ2n) is 6.10. The van der Waals surface area contributed by atoms with Gasteiger partial charge in [0.25, 0.3) is 5.91 Å². The van der Waals surface area contributed by atoms with Crippen LogP contribution in [0.5, 0.6) is 5.88 Å². The Morgan fingerprint density at radius 1 is 1.08 bits per heavy atom. The van der Waals surface area contributed by atoms with Crippen molar-refractivity contribution in [3.05, 3.63) is 58.5 Å². The van der Waals surface area contributed by atoms with Gasteiger partial charge in [-0.15, -0.1) is 0 Å². The lowest BCUT2D eigenvalue weighted by molar-refractivity contribution is 0.0885. The molecule has 1 amide bonds. The molecule has 1 aromatic heterocycles. The van der Waals surface area contributed by atoms with Gasteiger partial charge in [0, 0.05) is 18.3 Å². The predicted molar refractivity (Wildman–Crippen MR) is 89.7 cm³/mol. The summed E-state index contributed by atoms with van der Waals surface area (Å²) in [6.07, 6.45) is 4.05. The summed E-state index contributed by atoms with van der Waals surface area (Å²) in [5.74, 6) is -4.73. The molecule has 8 heteroatoms. The van der Waals surface area contributed by atoms with Gasteiger partial charge in [-0.25, -0.2) is 18.2 Å². The number of aromatic nitrogens is 1. The highest BCUT2D eigenvalue weighted by atomic mass is 35.5. The van der Waals surface area contributed by atoms with Crippen LogP contribution in [0.2, 0.25) is 5.02 Å². The molecule has 0 spiro atoms. The Morgan fingerprint density at radius 3 is 2.46 bits per heavy atom. The van der Waals surface area contributed by atoms with E-state index in [1.807, 2.05) is 0 Å². The highest BCUT2D eigenvalue weighted by molar-refractivity contribution is 6.30. The number of carbonyl (C=O) groups excluding carboxylic acids is 1. The molecular weight excluding hydrogens is 369 g/mol. The van der Waals surface area contributed by atoms with Crippen LogP contribution in [-0.4, -0.2) is 23.0 Å². The van der Waals surface area contributed by atoms with Gasteiger partial charge >= 0.3 is 0 Å². The van der Waals surface area contributed by atoms with E-state index in [1.165, 1.54) is 6.20 Å². The number of rotatable bonds is 4. The van der Waals surface area contributed by atoms with Crippen LogP contribution >= 0.6 is 11.6 Å². The van der Waals surface area contributed by atoms with Gasteiger partial charge in [0.1, 0.15) is 6.10 Å². The second kappa shape index (κ2) is 7.95. The van der Waals surface area contributed by atoms with Crippen molar-refractivity contribution in [2.75, 3.05) is 0 Å². The largest absolute Gasteiger partial charge is 0.474 e. The number of carbonyl (C=O) groups is 1. The summed E-state index contributed by atoms with van der Waals surface area (Å²) in [6.45, 7) is 0. The van der Waals surface area contributed by atoms with E-state index in [2.05, 4.69) is 10.3 Å². The number of pyridine rings is 1. The third kappa shape index (κ3) is 4.27. The van der Waals surface area contributed by atoms with Gasteiger partial charge in [-0.1, -0.05) is 11.6 Å². The van der Waals surface area contributed by atoms with Gasteiger partial charge in [-0.2, -0.15) is 0 Å². The second-order valence-corrected chi connectivity index (χ2v) is 6.54. The van der Waals surface area contributed by atoms with Crippen molar-refractivity contribution in [1.29, 1.82) is 0 Å².